The average Bonchev–Trinajstić information content (AvgIpc) is 2.46. The number of aromatic hydroxyl groups is 1. The van der Waals surface area contributed by atoms with Crippen molar-refractivity contribution in [1.82, 2.24) is 10.6 Å². The van der Waals surface area contributed by atoms with Crippen LogP contribution in [0.3, 0.4) is 0 Å². The van der Waals surface area contributed by atoms with Crippen molar-refractivity contribution in [1.29, 1.82) is 0 Å². The fourth-order valence-corrected chi connectivity index (χ4v) is 2.05. The van der Waals surface area contributed by atoms with E-state index in [1.54, 1.807) is 12.1 Å². The Morgan fingerprint density at radius 2 is 1.70 bits per heavy atom. The second kappa shape index (κ2) is 7.50. The van der Waals surface area contributed by atoms with Crippen LogP contribution >= 0.6 is 12.2 Å². The minimum absolute atomic E-state index is 0.271. The molecule has 104 valence electrons. The molecule has 3 N–H and O–H groups in total. The zero-order valence-electron chi connectivity index (χ0n) is 11.2. The lowest BCUT2D eigenvalue weighted by atomic mass is 10.1. The molecule has 0 saturated heterocycles. The van der Waals surface area contributed by atoms with Crippen LogP contribution in [0.25, 0.3) is 0 Å². The van der Waals surface area contributed by atoms with Gasteiger partial charge in [-0.05, 0) is 41.9 Å². The van der Waals surface area contributed by atoms with E-state index < -0.39 is 0 Å². The van der Waals surface area contributed by atoms with Gasteiger partial charge in [-0.25, -0.2) is 0 Å². The summed E-state index contributed by atoms with van der Waals surface area (Å²) < 4.78 is 0. The highest BCUT2D eigenvalue weighted by Gasteiger charge is 1.98. The molecule has 0 radical (unpaired) electrons. The van der Waals surface area contributed by atoms with E-state index in [0.717, 1.165) is 18.5 Å². The van der Waals surface area contributed by atoms with Crippen LogP contribution in [0.15, 0.2) is 54.6 Å². The van der Waals surface area contributed by atoms with Crippen LogP contribution in [0.2, 0.25) is 0 Å². The summed E-state index contributed by atoms with van der Waals surface area (Å²) in [5, 5.41) is 16.3. The maximum Gasteiger partial charge on any atom is 0.166 e. The number of thiocarbonyl (C=S) groups is 1. The summed E-state index contributed by atoms with van der Waals surface area (Å²) in [4.78, 5) is 0. The van der Waals surface area contributed by atoms with Gasteiger partial charge in [-0.3, -0.25) is 0 Å². The third-order valence-electron chi connectivity index (χ3n) is 2.91. The van der Waals surface area contributed by atoms with Crippen molar-refractivity contribution in [2.45, 2.75) is 13.0 Å². The molecule has 3 nitrogen and oxygen atoms in total. The zero-order valence-corrected chi connectivity index (χ0v) is 12.0. The second-order valence-electron chi connectivity index (χ2n) is 4.51. The van der Waals surface area contributed by atoms with Gasteiger partial charge in [-0.15, -0.1) is 0 Å². The van der Waals surface area contributed by atoms with Crippen LogP contribution in [0.1, 0.15) is 11.1 Å². The van der Waals surface area contributed by atoms with E-state index in [4.69, 9.17) is 12.2 Å². The van der Waals surface area contributed by atoms with E-state index in [-0.39, 0.29) is 5.75 Å². The summed E-state index contributed by atoms with van der Waals surface area (Å²) in [6, 6.07) is 17.4. The number of phenolic OH excluding ortho intramolecular Hbond substituents is 1. The fraction of sp³-hybridized carbons (Fsp3) is 0.188. The summed E-state index contributed by atoms with van der Waals surface area (Å²) in [6.45, 7) is 1.40. The molecule has 20 heavy (non-hydrogen) atoms. The van der Waals surface area contributed by atoms with Gasteiger partial charge in [-0.2, -0.15) is 0 Å². The van der Waals surface area contributed by atoms with Crippen LogP contribution in [-0.4, -0.2) is 16.8 Å². The monoisotopic (exact) mass is 286 g/mol. The van der Waals surface area contributed by atoms with Crippen LogP contribution in [-0.2, 0) is 13.0 Å². The first-order valence-electron chi connectivity index (χ1n) is 6.57. The number of benzene rings is 2. The Labute approximate surface area is 124 Å². The molecule has 0 spiro atoms. The van der Waals surface area contributed by atoms with Crippen LogP contribution in [0.5, 0.6) is 5.75 Å². The lowest BCUT2D eigenvalue weighted by Gasteiger charge is -2.10. The standard InChI is InChI=1S/C16H18N2OS/c19-15-8-4-7-14(11-15)12-18-16(20)17-10-9-13-5-2-1-3-6-13/h1-8,11,19H,9-10,12H2,(H2,17,18,20). The summed E-state index contributed by atoms with van der Waals surface area (Å²) in [6.07, 6.45) is 0.939. The van der Waals surface area contributed by atoms with Crippen molar-refractivity contribution in [3.05, 3.63) is 65.7 Å². The predicted molar refractivity (Wildman–Crippen MR) is 85.7 cm³/mol. The first kappa shape index (κ1) is 14.3. The van der Waals surface area contributed by atoms with Crippen molar-refractivity contribution in [3.8, 4) is 5.75 Å². The van der Waals surface area contributed by atoms with Gasteiger partial charge in [-0.1, -0.05) is 42.5 Å². The van der Waals surface area contributed by atoms with Crippen molar-refractivity contribution >= 4 is 17.3 Å². The smallest absolute Gasteiger partial charge is 0.166 e. The van der Waals surface area contributed by atoms with E-state index in [1.165, 1.54) is 5.56 Å². The van der Waals surface area contributed by atoms with Gasteiger partial charge in [0.05, 0.1) is 0 Å². The number of phenols is 1. The third kappa shape index (κ3) is 4.90. The highest BCUT2D eigenvalue weighted by Crippen LogP contribution is 2.10. The average molecular weight is 286 g/mol. The first-order valence-corrected chi connectivity index (χ1v) is 6.98. The number of hydrogen-bond donors (Lipinski definition) is 3. The molecule has 0 saturated carbocycles. The topological polar surface area (TPSA) is 44.3 Å². The summed E-state index contributed by atoms with van der Waals surface area (Å²) in [5.74, 6) is 0.271. The molecule has 2 aromatic rings. The van der Waals surface area contributed by atoms with E-state index in [9.17, 15) is 5.11 Å². The molecule has 0 amide bonds. The lowest BCUT2D eigenvalue weighted by molar-refractivity contribution is 0.474. The zero-order chi connectivity index (χ0) is 14.2. The molecule has 0 aliphatic carbocycles. The summed E-state index contributed by atoms with van der Waals surface area (Å²) in [5.41, 5.74) is 2.29. The Hall–Kier alpha value is -2.07. The molecule has 0 unspecified atom stereocenters. The van der Waals surface area contributed by atoms with Gasteiger partial charge in [0.25, 0.3) is 0 Å². The maximum atomic E-state index is 9.37. The summed E-state index contributed by atoms with van der Waals surface area (Å²) in [7, 11) is 0. The maximum absolute atomic E-state index is 9.37. The Morgan fingerprint density at radius 1 is 0.950 bits per heavy atom. The van der Waals surface area contributed by atoms with Crippen molar-refractivity contribution in [2.24, 2.45) is 0 Å². The molecule has 0 aliphatic rings. The number of nitrogens with one attached hydrogen (secondary N) is 2. The molecule has 0 aromatic heterocycles. The van der Waals surface area contributed by atoms with E-state index in [2.05, 4.69) is 22.8 Å². The Bertz CT molecular complexity index is 557. The second-order valence-corrected chi connectivity index (χ2v) is 4.92. The SMILES string of the molecule is Oc1cccc(CNC(=S)NCCc2ccccc2)c1. The molecule has 2 rings (SSSR count). The molecular formula is C16H18N2OS. The minimum Gasteiger partial charge on any atom is -0.508 e. The van der Waals surface area contributed by atoms with Crippen molar-refractivity contribution < 1.29 is 5.11 Å². The Morgan fingerprint density at radius 3 is 2.45 bits per heavy atom. The Kier molecular flexibility index (Phi) is 5.38. The minimum atomic E-state index is 0.271. The summed E-state index contributed by atoms with van der Waals surface area (Å²) >= 11 is 5.22. The Balaban J connectivity index is 1.68. The quantitative estimate of drug-likeness (QED) is 0.739. The van der Waals surface area contributed by atoms with E-state index in [0.29, 0.717) is 11.7 Å². The third-order valence-corrected chi connectivity index (χ3v) is 3.19. The van der Waals surface area contributed by atoms with Crippen LogP contribution in [0, 0.1) is 0 Å². The number of rotatable bonds is 5. The van der Waals surface area contributed by atoms with Gasteiger partial charge in [0.1, 0.15) is 5.75 Å². The molecular weight excluding hydrogens is 268 g/mol. The van der Waals surface area contributed by atoms with Crippen LogP contribution in [0.4, 0.5) is 0 Å². The van der Waals surface area contributed by atoms with Crippen molar-refractivity contribution in [3.63, 3.8) is 0 Å². The molecule has 0 heterocycles. The fourth-order valence-electron chi connectivity index (χ4n) is 1.88. The van der Waals surface area contributed by atoms with Gasteiger partial charge in [0.2, 0.25) is 0 Å². The molecule has 0 atom stereocenters. The van der Waals surface area contributed by atoms with Gasteiger partial charge >= 0.3 is 0 Å². The normalized spacial score (nSPS) is 10.0. The highest BCUT2D eigenvalue weighted by atomic mass is 32.1. The van der Waals surface area contributed by atoms with E-state index in [1.807, 2.05) is 30.3 Å². The first-order chi connectivity index (χ1) is 9.74. The van der Waals surface area contributed by atoms with Gasteiger partial charge < -0.3 is 15.7 Å². The number of hydrogen-bond acceptors (Lipinski definition) is 2. The molecule has 0 aliphatic heterocycles. The molecule has 0 fully saturated rings. The van der Waals surface area contributed by atoms with Gasteiger partial charge in [0, 0.05) is 13.1 Å². The predicted octanol–water partition coefficient (Wildman–Crippen LogP) is 2.60. The van der Waals surface area contributed by atoms with E-state index >= 15 is 0 Å². The van der Waals surface area contributed by atoms with Crippen molar-refractivity contribution in [2.75, 3.05) is 6.54 Å². The van der Waals surface area contributed by atoms with Gasteiger partial charge in [0.15, 0.2) is 5.11 Å². The molecule has 0 bridgehead atoms. The highest BCUT2D eigenvalue weighted by molar-refractivity contribution is 7.80. The lowest BCUT2D eigenvalue weighted by Crippen LogP contribution is -2.35. The molecule has 4 heteroatoms. The van der Waals surface area contributed by atoms with Crippen LogP contribution < -0.4 is 10.6 Å². The molecule has 2 aromatic carbocycles. The largest absolute Gasteiger partial charge is 0.508 e.